The average molecular weight is 165 g/mol. The maximum Gasteiger partial charge on any atom is 0.0407 e. The predicted octanol–water partition coefficient (Wildman–Crippen LogP) is 3.34. The van der Waals surface area contributed by atoms with E-state index in [0.717, 1.165) is 11.4 Å². The van der Waals surface area contributed by atoms with Crippen molar-refractivity contribution in [3.8, 4) is 0 Å². The van der Waals surface area contributed by atoms with Crippen LogP contribution in [0.3, 0.4) is 0 Å². The van der Waals surface area contributed by atoms with Gasteiger partial charge in [0.1, 0.15) is 0 Å². The maximum absolute atomic E-state index is 4.33. The standard InChI is InChI=1S/C9H13N.C2H6/c1-6-5-7(2)10-9(4)8(6)3;1-2/h5H,1-4H3;1-2H3. The van der Waals surface area contributed by atoms with Crippen LogP contribution in [0.25, 0.3) is 0 Å². The summed E-state index contributed by atoms with van der Waals surface area (Å²) >= 11 is 0. The SMILES string of the molecule is CC.Cc1cc(C)c(C)c(C)n1. The van der Waals surface area contributed by atoms with Crippen LogP contribution >= 0.6 is 0 Å². The average Bonchev–Trinajstić information content (AvgIpc) is 2.04. The molecule has 0 saturated carbocycles. The van der Waals surface area contributed by atoms with Crippen molar-refractivity contribution in [2.24, 2.45) is 0 Å². The van der Waals surface area contributed by atoms with Crippen molar-refractivity contribution in [1.82, 2.24) is 4.98 Å². The van der Waals surface area contributed by atoms with Crippen LogP contribution in [0, 0.1) is 27.7 Å². The second-order valence-electron chi connectivity index (χ2n) is 2.79. The zero-order chi connectivity index (χ0) is 9.72. The zero-order valence-electron chi connectivity index (χ0n) is 9.02. The monoisotopic (exact) mass is 165 g/mol. The van der Waals surface area contributed by atoms with Crippen LogP contribution < -0.4 is 0 Å². The van der Waals surface area contributed by atoms with Crippen LogP contribution in [0.5, 0.6) is 0 Å². The van der Waals surface area contributed by atoms with Crippen LogP contribution in [-0.2, 0) is 0 Å². The van der Waals surface area contributed by atoms with E-state index >= 15 is 0 Å². The lowest BCUT2D eigenvalue weighted by molar-refractivity contribution is 1.07. The molecule has 12 heavy (non-hydrogen) atoms. The Bertz CT molecular complexity index is 228. The van der Waals surface area contributed by atoms with Crippen LogP contribution in [0.15, 0.2) is 6.07 Å². The first-order valence-corrected chi connectivity index (χ1v) is 4.52. The second-order valence-corrected chi connectivity index (χ2v) is 2.79. The van der Waals surface area contributed by atoms with Crippen LogP contribution in [0.2, 0.25) is 0 Å². The minimum atomic E-state index is 1.11. The topological polar surface area (TPSA) is 12.9 Å². The highest BCUT2D eigenvalue weighted by Crippen LogP contribution is 2.10. The van der Waals surface area contributed by atoms with Crippen LogP contribution in [0.1, 0.15) is 36.4 Å². The summed E-state index contributed by atoms with van der Waals surface area (Å²) in [4.78, 5) is 4.33. The third kappa shape index (κ3) is 2.65. The van der Waals surface area contributed by atoms with Gasteiger partial charge in [-0.15, -0.1) is 0 Å². The number of pyridine rings is 1. The summed E-state index contributed by atoms with van der Waals surface area (Å²) in [5.41, 5.74) is 4.91. The molecule has 0 bridgehead atoms. The number of nitrogens with zero attached hydrogens (tertiary/aromatic N) is 1. The van der Waals surface area contributed by atoms with Gasteiger partial charge in [-0.1, -0.05) is 13.8 Å². The molecular weight excluding hydrogens is 146 g/mol. The van der Waals surface area contributed by atoms with Crippen molar-refractivity contribution in [3.63, 3.8) is 0 Å². The van der Waals surface area contributed by atoms with E-state index in [1.165, 1.54) is 11.1 Å². The highest BCUT2D eigenvalue weighted by Gasteiger charge is 1.97. The molecule has 0 aromatic carbocycles. The van der Waals surface area contributed by atoms with Gasteiger partial charge in [0, 0.05) is 11.4 Å². The van der Waals surface area contributed by atoms with Gasteiger partial charge < -0.3 is 0 Å². The quantitative estimate of drug-likeness (QED) is 0.574. The molecule has 1 aromatic heterocycles. The van der Waals surface area contributed by atoms with Gasteiger partial charge >= 0.3 is 0 Å². The molecule has 0 amide bonds. The molecule has 1 heterocycles. The van der Waals surface area contributed by atoms with Gasteiger partial charge in [0.15, 0.2) is 0 Å². The minimum Gasteiger partial charge on any atom is -0.258 e. The Morgan fingerprint density at radius 1 is 1.00 bits per heavy atom. The first-order valence-electron chi connectivity index (χ1n) is 4.52. The Balaban J connectivity index is 0.000000561. The van der Waals surface area contributed by atoms with Crippen molar-refractivity contribution in [1.29, 1.82) is 0 Å². The highest BCUT2D eigenvalue weighted by molar-refractivity contribution is 5.29. The van der Waals surface area contributed by atoms with E-state index in [0.29, 0.717) is 0 Å². The van der Waals surface area contributed by atoms with Gasteiger partial charge in [0.05, 0.1) is 0 Å². The second kappa shape index (κ2) is 4.91. The van der Waals surface area contributed by atoms with Crippen molar-refractivity contribution in [2.75, 3.05) is 0 Å². The number of aryl methyl sites for hydroxylation is 3. The number of rotatable bonds is 0. The minimum absolute atomic E-state index is 1.11. The van der Waals surface area contributed by atoms with E-state index in [2.05, 4.69) is 31.8 Å². The van der Waals surface area contributed by atoms with E-state index in [9.17, 15) is 0 Å². The number of hydrogen-bond acceptors (Lipinski definition) is 1. The summed E-state index contributed by atoms with van der Waals surface area (Å²) in [6, 6.07) is 2.11. The van der Waals surface area contributed by atoms with Crippen molar-refractivity contribution >= 4 is 0 Å². The van der Waals surface area contributed by atoms with Crippen LogP contribution in [0.4, 0.5) is 0 Å². The Kier molecular flexibility index (Phi) is 4.57. The molecule has 0 aliphatic heterocycles. The Hall–Kier alpha value is -0.850. The predicted molar refractivity (Wildman–Crippen MR) is 54.5 cm³/mol. The zero-order valence-corrected chi connectivity index (χ0v) is 9.02. The van der Waals surface area contributed by atoms with Gasteiger partial charge in [-0.05, 0) is 44.9 Å². The van der Waals surface area contributed by atoms with Crippen molar-refractivity contribution in [3.05, 3.63) is 28.6 Å². The Morgan fingerprint density at radius 2 is 1.50 bits per heavy atom. The lowest BCUT2D eigenvalue weighted by atomic mass is 10.1. The molecule has 0 atom stereocenters. The lowest BCUT2D eigenvalue weighted by Gasteiger charge is -2.03. The van der Waals surface area contributed by atoms with Crippen molar-refractivity contribution in [2.45, 2.75) is 41.5 Å². The third-order valence-corrected chi connectivity index (χ3v) is 1.90. The molecule has 0 unspecified atom stereocenters. The largest absolute Gasteiger partial charge is 0.258 e. The molecule has 1 heteroatoms. The van der Waals surface area contributed by atoms with Gasteiger partial charge in [-0.25, -0.2) is 0 Å². The fourth-order valence-electron chi connectivity index (χ4n) is 1.09. The molecule has 0 fully saturated rings. The van der Waals surface area contributed by atoms with Gasteiger partial charge in [0.25, 0.3) is 0 Å². The lowest BCUT2D eigenvalue weighted by Crippen LogP contribution is -1.92. The molecule has 1 rings (SSSR count). The fourth-order valence-corrected chi connectivity index (χ4v) is 1.09. The smallest absolute Gasteiger partial charge is 0.0407 e. The highest BCUT2D eigenvalue weighted by atomic mass is 14.7. The van der Waals surface area contributed by atoms with Crippen LogP contribution in [-0.4, -0.2) is 4.98 Å². The van der Waals surface area contributed by atoms with E-state index in [4.69, 9.17) is 0 Å². The summed E-state index contributed by atoms with van der Waals surface area (Å²) in [6.07, 6.45) is 0. The number of aromatic nitrogens is 1. The normalized spacial score (nSPS) is 8.83. The summed E-state index contributed by atoms with van der Waals surface area (Å²) in [6.45, 7) is 12.3. The Labute approximate surface area is 75.8 Å². The first-order chi connectivity index (χ1) is 5.61. The van der Waals surface area contributed by atoms with Gasteiger partial charge in [-0.2, -0.15) is 0 Å². The molecule has 0 N–H and O–H groups in total. The fraction of sp³-hybridized carbons (Fsp3) is 0.545. The summed E-state index contributed by atoms with van der Waals surface area (Å²) in [5, 5.41) is 0. The van der Waals surface area contributed by atoms with E-state index in [1.54, 1.807) is 0 Å². The van der Waals surface area contributed by atoms with E-state index in [-0.39, 0.29) is 0 Å². The molecule has 0 saturated heterocycles. The molecule has 0 radical (unpaired) electrons. The number of hydrogen-bond donors (Lipinski definition) is 0. The van der Waals surface area contributed by atoms with E-state index in [1.807, 2.05) is 20.8 Å². The Morgan fingerprint density at radius 3 is 1.92 bits per heavy atom. The van der Waals surface area contributed by atoms with Gasteiger partial charge in [-0.3, -0.25) is 4.98 Å². The third-order valence-electron chi connectivity index (χ3n) is 1.90. The summed E-state index contributed by atoms with van der Waals surface area (Å²) < 4.78 is 0. The van der Waals surface area contributed by atoms with E-state index < -0.39 is 0 Å². The maximum atomic E-state index is 4.33. The first kappa shape index (κ1) is 11.2. The summed E-state index contributed by atoms with van der Waals surface area (Å²) in [5.74, 6) is 0. The molecule has 68 valence electrons. The van der Waals surface area contributed by atoms with Gasteiger partial charge in [0.2, 0.25) is 0 Å². The molecule has 1 nitrogen and oxygen atoms in total. The van der Waals surface area contributed by atoms with Crippen molar-refractivity contribution < 1.29 is 0 Å². The molecule has 1 aromatic rings. The molecular formula is C11H19N. The molecule has 0 aliphatic carbocycles. The summed E-state index contributed by atoms with van der Waals surface area (Å²) in [7, 11) is 0. The molecule has 0 spiro atoms. The molecule has 0 aliphatic rings.